The van der Waals surface area contributed by atoms with Gasteiger partial charge in [-0.3, -0.25) is 0 Å². The number of para-hydroxylation sites is 1. The fraction of sp³-hybridized carbons (Fsp3) is 0.357. The number of hydrogen-bond acceptors (Lipinski definition) is 4. The van der Waals surface area contributed by atoms with Gasteiger partial charge in [0.25, 0.3) is 0 Å². The molecule has 0 aliphatic carbocycles. The predicted molar refractivity (Wildman–Crippen MR) is 137 cm³/mol. The van der Waals surface area contributed by atoms with Crippen molar-refractivity contribution < 1.29 is 14.3 Å². The molecule has 182 valence electrons. The van der Waals surface area contributed by atoms with Crippen molar-refractivity contribution in [3.8, 4) is 22.7 Å². The van der Waals surface area contributed by atoms with Crippen LogP contribution >= 0.6 is 0 Å². The molecule has 0 atom stereocenters. The molecule has 1 amide bonds. The summed E-state index contributed by atoms with van der Waals surface area (Å²) in [6.45, 7) is 8.76. The smallest absolute Gasteiger partial charge is 0.410 e. The summed E-state index contributed by atoms with van der Waals surface area (Å²) in [4.78, 5) is 14.7. The molecule has 0 saturated heterocycles. The molecule has 1 aliphatic heterocycles. The van der Waals surface area contributed by atoms with Gasteiger partial charge in [-0.1, -0.05) is 18.2 Å². The zero-order valence-electron chi connectivity index (χ0n) is 21.3. The molecule has 0 spiro atoms. The SMILES string of the molecule is COc1cccc(C)c1-n1nc2c(c1-c1ccc3c(ccn3C)c1)CN(C(=O)OC(C)(C)C)CC2. The molecular weight excluding hydrogens is 440 g/mol. The van der Waals surface area contributed by atoms with E-state index in [9.17, 15) is 4.79 Å². The summed E-state index contributed by atoms with van der Waals surface area (Å²) in [6, 6.07) is 14.6. The van der Waals surface area contributed by atoms with Gasteiger partial charge in [-0.15, -0.1) is 0 Å². The molecule has 0 fully saturated rings. The average Bonchev–Trinajstić information content (AvgIpc) is 3.37. The van der Waals surface area contributed by atoms with Crippen LogP contribution in [0.3, 0.4) is 0 Å². The van der Waals surface area contributed by atoms with Crippen LogP contribution in [0, 0.1) is 6.92 Å². The Labute approximate surface area is 205 Å². The third kappa shape index (κ3) is 4.16. The summed E-state index contributed by atoms with van der Waals surface area (Å²) >= 11 is 0. The first-order valence-electron chi connectivity index (χ1n) is 11.9. The summed E-state index contributed by atoms with van der Waals surface area (Å²) in [5.74, 6) is 0.760. The van der Waals surface area contributed by atoms with Gasteiger partial charge in [-0.2, -0.15) is 5.10 Å². The van der Waals surface area contributed by atoms with E-state index >= 15 is 0 Å². The largest absolute Gasteiger partial charge is 0.494 e. The Kier molecular flexibility index (Phi) is 5.58. The fourth-order valence-corrected chi connectivity index (χ4v) is 4.81. The van der Waals surface area contributed by atoms with Gasteiger partial charge in [0.05, 0.1) is 25.0 Å². The predicted octanol–water partition coefficient (Wildman–Crippen LogP) is 5.64. The van der Waals surface area contributed by atoms with Crippen LogP contribution in [-0.2, 0) is 24.8 Å². The molecule has 0 N–H and O–H groups in total. The van der Waals surface area contributed by atoms with E-state index in [2.05, 4.69) is 48.0 Å². The van der Waals surface area contributed by atoms with Crippen molar-refractivity contribution in [1.29, 1.82) is 0 Å². The Morgan fingerprint density at radius 1 is 1.11 bits per heavy atom. The highest BCUT2D eigenvalue weighted by Gasteiger charge is 2.31. The van der Waals surface area contributed by atoms with Crippen molar-refractivity contribution in [2.24, 2.45) is 7.05 Å². The van der Waals surface area contributed by atoms with Gasteiger partial charge in [0.2, 0.25) is 0 Å². The molecule has 4 aromatic rings. The second-order valence-electron chi connectivity index (χ2n) is 10.2. The van der Waals surface area contributed by atoms with Crippen LogP contribution < -0.4 is 4.74 Å². The maximum atomic E-state index is 12.9. The number of methoxy groups -OCH3 is 1. The maximum absolute atomic E-state index is 12.9. The number of rotatable bonds is 3. The van der Waals surface area contributed by atoms with Crippen molar-refractivity contribution in [1.82, 2.24) is 19.2 Å². The number of ether oxygens (including phenoxy) is 2. The first-order chi connectivity index (χ1) is 16.7. The van der Waals surface area contributed by atoms with Crippen LogP contribution in [0.1, 0.15) is 37.6 Å². The number of aryl methyl sites for hydroxylation is 2. The molecular formula is C28H32N4O3. The number of carbonyl (C=O) groups is 1. The number of hydrogen-bond donors (Lipinski definition) is 0. The Hall–Kier alpha value is -3.74. The second-order valence-corrected chi connectivity index (χ2v) is 10.2. The van der Waals surface area contributed by atoms with E-state index < -0.39 is 5.60 Å². The average molecular weight is 473 g/mol. The van der Waals surface area contributed by atoms with Crippen molar-refractivity contribution in [3.63, 3.8) is 0 Å². The van der Waals surface area contributed by atoms with Crippen molar-refractivity contribution >= 4 is 17.0 Å². The summed E-state index contributed by atoms with van der Waals surface area (Å²) in [5, 5.41) is 6.23. The van der Waals surface area contributed by atoms with Crippen molar-refractivity contribution in [2.45, 2.75) is 46.3 Å². The van der Waals surface area contributed by atoms with Crippen LogP contribution in [0.4, 0.5) is 4.79 Å². The zero-order chi connectivity index (χ0) is 24.9. The van der Waals surface area contributed by atoms with Crippen LogP contribution in [0.15, 0.2) is 48.7 Å². The Morgan fingerprint density at radius 2 is 1.91 bits per heavy atom. The molecule has 0 radical (unpaired) electrons. The molecule has 0 bridgehead atoms. The lowest BCUT2D eigenvalue weighted by molar-refractivity contribution is 0.0224. The maximum Gasteiger partial charge on any atom is 0.410 e. The number of carbonyl (C=O) groups excluding carboxylic acids is 1. The summed E-state index contributed by atoms with van der Waals surface area (Å²) in [7, 11) is 3.73. The number of aromatic nitrogens is 3. The zero-order valence-corrected chi connectivity index (χ0v) is 21.3. The highest BCUT2D eigenvalue weighted by Crippen LogP contribution is 2.37. The van der Waals surface area contributed by atoms with E-state index in [0.29, 0.717) is 19.5 Å². The van der Waals surface area contributed by atoms with Crippen LogP contribution in [0.2, 0.25) is 0 Å². The normalized spacial score (nSPS) is 13.7. The highest BCUT2D eigenvalue weighted by molar-refractivity contribution is 5.86. The minimum Gasteiger partial charge on any atom is -0.494 e. The van der Waals surface area contributed by atoms with Gasteiger partial charge < -0.3 is 18.9 Å². The third-order valence-electron chi connectivity index (χ3n) is 6.48. The van der Waals surface area contributed by atoms with E-state index in [1.54, 1.807) is 12.0 Å². The number of fused-ring (bicyclic) bond motifs is 2. The molecule has 7 nitrogen and oxygen atoms in total. The number of benzene rings is 2. The van der Waals surface area contributed by atoms with Gasteiger partial charge >= 0.3 is 6.09 Å². The van der Waals surface area contributed by atoms with Crippen molar-refractivity contribution in [3.05, 3.63) is 65.5 Å². The topological polar surface area (TPSA) is 61.5 Å². The molecule has 5 rings (SSSR count). The van der Waals surface area contributed by atoms with Gasteiger partial charge in [0.15, 0.2) is 0 Å². The first-order valence-corrected chi connectivity index (χ1v) is 11.9. The standard InChI is InChI=1S/C28H32N4O3/c1-18-8-7-9-24(34-6)25(18)32-26(20-10-11-23-19(16-20)12-14-30(23)5)21-17-31(15-13-22(21)29-32)27(33)35-28(2,3)4/h7-12,14,16H,13,15,17H2,1-6H3. The van der Waals surface area contributed by atoms with Gasteiger partial charge in [0, 0.05) is 48.2 Å². The van der Waals surface area contributed by atoms with Gasteiger partial charge in [0.1, 0.15) is 17.0 Å². The molecule has 0 saturated carbocycles. The number of nitrogens with zero attached hydrogens (tertiary/aromatic N) is 4. The lowest BCUT2D eigenvalue weighted by atomic mass is 9.99. The lowest BCUT2D eigenvalue weighted by Gasteiger charge is -2.30. The van der Waals surface area contributed by atoms with Crippen molar-refractivity contribution in [2.75, 3.05) is 13.7 Å². The van der Waals surface area contributed by atoms with Gasteiger partial charge in [-0.05, 0) is 57.5 Å². The lowest BCUT2D eigenvalue weighted by Crippen LogP contribution is -2.39. The van der Waals surface area contributed by atoms with Gasteiger partial charge in [-0.25, -0.2) is 9.48 Å². The monoisotopic (exact) mass is 472 g/mol. The molecule has 2 aromatic carbocycles. The molecule has 35 heavy (non-hydrogen) atoms. The van der Waals surface area contributed by atoms with Crippen LogP contribution in [0.5, 0.6) is 5.75 Å². The second kappa shape index (κ2) is 8.48. The van der Waals surface area contributed by atoms with E-state index in [4.69, 9.17) is 14.6 Å². The van der Waals surface area contributed by atoms with Crippen LogP contribution in [-0.4, -0.2) is 44.6 Å². The van der Waals surface area contributed by atoms with E-state index in [0.717, 1.165) is 50.4 Å². The van der Waals surface area contributed by atoms with Crippen LogP contribution in [0.25, 0.3) is 27.8 Å². The first kappa shape index (κ1) is 23.0. The third-order valence-corrected chi connectivity index (χ3v) is 6.48. The summed E-state index contributed by atoms with van der Waals surface area (Å²) < 4.78 is 15.5. The quantitative estimate of drug-likeness (QED) is 0.387. The summed E-state index contributed by atoms with van der Waals surface area (Å²) in [5.41, 5.74) is 6.67. The van der Waals surface area contributed by atoms with E-state index in [1.165, 1.54) is 0 Å². The minimum absolute atomic E-state index is 0.297. The molecule has 2 aromatic heterocycles. The molecule has 3 heterocycles. The minimum atomic E-state index is -0.544. The Morgan fingerprint density at radius 3 is 2.66 bits per heavy atom. The molecule has 0 unspecified atom stereocenters. The van der Waals surface area contributed by atoms with E-state index in [1.807, 2.05) is 44.6 Å². The summed E-state index contributed by atoms with van der Waals surface area (Å²) in [6.07, 6.45) is 2.43. The molecule has 7 heteroatoms. The highest BCUT2D eigenvalue weighted by atomic mass is 16.6. The molecule has 1 aliphatic rings. The Balaban J connectivity index is 1.69. The van der Waals surface area contributed by atoms with E-state index in [-0.39, 0.29) is 6.09 Å². The number of amides is 1. The fourth-order valence-electron chi connectivity index (χ4n) is 4.81. The Bertz CT molecular complexity index is 1420.